The van der Waals surface area contributed by atoms with Gasteiger partial charge >= 0.3 is 6.18 Å². The van der Waals surface area contributed by atoms with E-state index in [0.29, 0.717) is 62.0 Å². The smallest absolute Gasteiger partial charge is 0.417 e. The molecule has 0 N–H and O–H groups in total. The van der Waals surface area contributed by atoms with E-state index in [2.05, 4.69) is 4.98 Å². The molecule has 29 heavy (non-hydrogen) atoms. The van der Waals surface area contributed by atoms with E-state index in [9.17, 15) is 18.0 Å². The Bertz CT molecular complexity index is 928. The normalized spacial score (nSPS) is 17.3. The number of Topliss-reactive ketones (excluding diaryl/α,β-unsaturated/α-hetero) is 1. The van der Waals surface area contributed by atoms with Gasteiger partial charge in [0.15, 0.2) is 17.3 Å². The first-order valence-electron chi connectivity index (χ1n) is 9.24. The van der Waals surface area contributed by atoms with Crippen LogP contribution in [0, 0.1) is 5.92 Å². The van der Waals surface area contributed by atoms with Crippen molar-refractivity contribution in [1.82, 2.24) is 4.98 Å². The highest BCUT2D eigenvalue weighted by Gasteiger charge is 2.33. The number of ketones is 1. The van der Waals surface area contributed by atoms with E-state index in [-0.39, 0.29) is 16.7 Å². The molecule has 1 fully saturated rings. The highest BCUT2D eigenvalue weighted by atomic mass is 35.5. The van der Waals surface area contributed by atoms with Crippen LogP contribution in [-0.2, 0) is 6.18 Å². The standard InChI is InChI=1S/C20H18ClF3N2O3/c21-15-10-14(20(22,23)24)11-25-19(15)26-5-3-12(4-6-26)18(27)13-1-2-16-17(9-13)29-8-7-28-16/h1-2,9-12H,3-8H2. The molecule has 5 nitrogen and oxygen atoms in total. The fourth-order valence-electron chi connectivity index (χ4n) is 3.60. The van der Waals surface area contributed by atoms with Crippen LogP contribution in [-0.4, -0.2) is 37.1 Å². The number of fused-ring (bicyclic) bond motifs is 1. The zero-order valence-electron chi connectivity index (χ0n) is 15.3. The number of benzene rings is 1. The van der Waals surface area contributed by atoms with E-state index < -0.39 is 11.7 Å². The fraction of sp³-hybridized carbons (Fsp3) is 0.400. The molecule has 0 radical (unpaired) electrons. The Morgan fingerprint density at radius 3 is 2.45 bits per heavy atom. The van der Waals surface area contributed by atoms with Crippen molar-refractivity contribution in [3.8, 4) is 11.5 Å². The van der Waals surface area contributed by atoms with Gasteiger partial charge in [-0.1, -0.05) is 11.6 Å². The Morgan fingerprint density at radius 1 is 1.10 bits per heavy atom. The number of rotatable bonds is 3. The zero-order valence-corrected chi connectivity index (χ0v) is 16.1. The van der Waals surface area contributed by atoms with Gasteiger partial charge in [-0.15, -0.1) is 0 Å². The van der Waals surface area contributed by atoms with Crippen molar-refractivity contribution in [2.45, 2.75) is 19.0 Å². The molecule has 9 heteroatoms. The minimum atomic E-state index is -4.49. The van der Waals surface area contributed by atoms with E-state index in [1.165, 1.54) is 0 Å². The van der Waals surface area contributed by atoms with Crippen molar-refractivity contribution in [2.75, 3.05) is 31.2 Å². The molecule has 0 saturated carbocycles. The van der Waals surface area contributed by atoms with Crippen LogP contribution in [0.4, 0.5) is 19.0 Å². The average molecular weight is 427 g/mol. The number of ether oxygens (including phenoxy) is 2. The second-order valence-electron chi connectivity index (χ2n) is 7.01. The first kappa shape index (κ1) is 19.8. The number of nitrogens with zero attached hydrogens (tertiary/aromatic N) is 2. The number of hydrogen-bond acceptors (Lipinski definition) is 5. The number of aromatic nitrogens is 1. The van der Waals surface area contributed by atoms with Crippen molar-refractivity contribution in [3.63, 3.8) is 0 Å². The summed E-state index contributed by atoms with van der Waals surface area (Å²) in [6.07, 6.45) is -2.58. The Balaban J connectivity index is 1.42. The number of anilines is 1. The summed E-state index contributed by atoms with van der Waals surface area (Å²) in [5, 5.41) is -0.0450. The van der Waals surface area contributed by atoms with E-state index in [0.717, 1.165) is 12.3 Å². The Morgan fingerprint density at radius 2 is 1.79 bits per heavy atom. The monoisotopic (exact) mass is 426 g/mol. The van der Waals surface area contributed by atoms with E-state index in [1.54, 1.807) is 18.2 Å². The van der Waals surface area contributed by atoms with Crippen molar-refractivity contribution in [2.24, 2.45) is 5.92 Å². The van der Waals surface area contributed by atoms with Gasteiger partial charge in [0.1, 0.15) is 19.0 Å². The summed E-state index contributed by atoms with van der Waals surface area (Å²) in [6, 6.07) is 6.06. The topological polar surface area (TPSA) is 51.7 Å². The molecule has 0 bridgehead atoms. The lowest BCUT2D eigenvalue weighted by Crippen LogP contribution is -2.37. The van der Waals surface area contributed by atoms with Crippen molar-refractivity contribution >= 4 is 23.2 Å². The van der Waals surface area contributed by atoms with Crippen LogP contribution in [0.1, 0.15) is 28.8 Å². The average Bonchev–Trinajstić information content (AvgIpc) is 2.72. The molecule has 154 valence electrons. The molecule has 2 aromatic rings. The molecule has 1 saturated heterocycles. The van der Waals surface area contributed by atoms with E-state index in [4.69, 9.17) is 21.1 Å². The summed E-state index contributed by atoms with van der Waals surface area (Å²) in [4.78, 5) is 18.6. The maximum absolute atomic E-state index is 12.9. The molecule has 0 spiro atoms. The van der Waals surface area contributed by atoms with Gasteiger partial charge in [0.05, 0.1) is 10.6 Å². The lowest BCUT2D eigenvalue weighted by molar-refractivity contribution is -0.137. The van der Waals surface area contributed by atoms with Crippen LogP contribution in [0.3, 0.4) is 0 Å². The molecule has 4 rings (SSSR count). The molecule has 1 aromatic heterocycles. The zero-order chi connectivity index (χ0) is 20.6. The molecule has 2 aliphatic rings. The third-order valence-corrected chi connectivity index (χ3v) is 5.42. The van der Waals surface area contributed by atoms with E-state index >= 15 is 0 Å². The van der Waals surface area contributed by atoms with Crippen LogP contribution in [0.5, 0.6) is 11.5 Å². The van der Waals surface area contributed by atoms with Gasteiger partial charge in [0, 0.05) is 30.8 Å². The molecule has 3 heterocycles. The predicted octanol–water partition coefficient (Wildman–Crippen LogP) is 4.62. The second kappa shape index (κ2) is 7.74. The summed E-state index contributed by atoms with van der Waals surface area (Å²) in [6.45, 7) is 1.90. The number of carbonyl (C=O) groups is 1. The molecular weight excluding hydrogens is 409 g/mol. The molecular formula is C20H18ClF3N2O3. The summed E-state index contributed by atoms with van der Waals surface area (Å²) in [5.74, 6) is 1.35. The largest absolute Gasteiger partial charge is 0.486 e. The molecule has 0 atom stereocenters. The van der Waals surface area contributed by atoms with Crippen molar-refractivity contribution in [1.29, 1.82) is 0 Å². The number of carbonyl (C=O) groups excluding carboxylic acids is 1. The van der Waals surface area contributed by atoms with Gasteiger partial charge in [0.2, 0.25) is 0 Å². The van der Waals surface area contributed by atoms with Gasteiger partial charge in [-0.3, -0.25) is 4.79 Å². The predicted molar refractivity (Wildman–Crippen MR) is 101 cm³/mol. The maximum Gasteiger partial charge on any atom is 0.417 e. The van der Waals surface area contributed by atoms with Crippen LogP contribution < -0.4 is 14.4 Å². The maximum atomic E-state index is 12.9. The first-order valence-corrected chi connectivity index (χ1v) is 9.62. The fourth-order valence-corrected chi connectivity index (χ4v) is 3.89. The number of alkyl halides is 3. The van der Waals surface area contributed by atoms with Crippen LogP contribution >= 0.6 is 11.6 Å². The lowest BCUT2D eigenvalue weighted by atomic mass is 9.88. The third-order valence-electron chi connectivity index (χ3n) is 5.14. The van der Waals surface area contributed by atoms with Gasteiger partial charge < -0.3 is 14.4 Å². The Labute approximate surface area is 170 Å². The quantitative estimate of drug-likeness (QED) is 0.670. The highest BCUT2D eigenvalue weighted by molar-refractivity contribution is 6.33. The van der Waals surface area contributed by atoms with Gasteiger partial charge in [-0.2, -0.15) is 13.2 Å². The Hall–Kier alpha value is -2.48. The summed E-state index contributed by atoms with van der Waals surface area (Å²) in [7, 11) is 0. The number of pyridine rings is 1. The molecule has 1 aromatic carbocycles. The van der Waals surface area contributed by atoms with Gasteiger partial charge in [-0.05, 0) is 37.1 Å². The Kier molecular flexibility index (Phi) is 5.29. The molecule has 0 amide bonds. The van der Waals surface area contributed by atoms with Crippen LogP contribution in [0.2, 0.25) is 5.02 Å². The minimum Gasteiger partial charge on any atom is -0.486 e. The molecule has 0 aliphatic carbocycles. The summed E-state index contributed by atoms with van der Waals surface area (Å²) < 4.78 is 49.4. The minimum absolute atomic E-state index is 0.0214. The van der Waals surface area contributed by atoms with E-state index in [1.807, 2.05) is 4.90 Å². The second-order valence-corrected chi connectivity index (χ2v) is 7.42. The number of hydrogen-bond donors (Lipinski definition) is 0. The van der Waals surface area contributed by atoms with Crippen molar-refractivity contribution in [3.05, 3.63) is 46.6 Å². The lowest BCUT2D eigenvalue weighted by Gasteiger charge is -2.32. The SMILES string of the molecule is O=C(c1ccc2c(c1)OCCO2)C1CCN(c2ncc(C(F)(F)F)cc2Cl)CC1. The van der Waals surface area contributed by atoms with Crippen LogP contribution in [0.15, 0.2) is 30.5 Å². The highest BCUT2D eigenvalue weighted by Crippen LogP contribution is 2.36. The number of piperidine rings is 1. The summed E-state index contributed by atoms with van der Waals surface area (Å²) >= 11 is 6.03. The van der Waals surface area contributed by atoms with Gasteiger partial charge in [-0.25, -0.2) is 4.98 Å². The van der Waals surface area contributed by atoms with Gasteiger partial charge in [0.25, 0.3) is 0 Å². The van der Waals surface area contributed by atoms with Crippen molar-refractivity contribution < 1.29 is 27.4 Å². The van der Waals surface area contributed by atoms with Crippen LogP contribution in [0.25, 0.3) is 0 Å². The number of halogens is 4. The summed E-state index contributed by atoms with van der Waals surface area (Å²) in [5.41, 5.74) is -0.312. The first-order chi connectivity index (χ1) is 13.8. The molecule has 0 unspecified atom stereocenters. The third kappa shape index (κ3) is 4.12. The molecule has 2 aliphatic heterocycles.